The molecule has 0 saturated carbocycles. The van der Waals surface area contributed by atoms with Gasteiger partial charge in [0.15, 0.2) is 5.78 Å². The van der Waals surface area contributed by atoms with Gasteiger partial charge in [0.05, 0.1) is 18.4 Å². The number of carbonyl (C=O) groups is 3. The number of aryl methyl sites for hydroxylation is 1. The molecular weight excluding hydrogens is 370 g/mol. The van der Waals surface area contributed by atoms with Crippen LogP contribution in [-0.2, 0) is 7.05 Å². The van der Waals surface area contributed by atoms with Crippen LogP contribution in [0.4, 0.5) is 11.4 Å². The molecule has 3 rings (SSSR count). The van der Waals surface area contributed by atoms with E-state index in [1.54, 1.807) is 73.5 Å². The molecule has 0 aliphatic heterocycles. The van der Waals surface area contributed by atoms with Crippen LogP contribution in [0.3, 0.4) is 0 Å². The number of ether oxygens (including phenoxy) is 1. The van der Waals surface area contributed by atoms with Gasteiger partial charge in [0.25, 0.3) is 11.8 Å². The minimum atomic E-state index is -0.415. The summed E-state index contributed by atoms with van der Waals surface area (Å²) in [5.41, 5.74) is 2.01. The van der Waals surface area contributed by atoms with E-state index < -0.39 is 5.91 Å². The van der Waals surface area contributed by atoms with E-state index in [2.05, 4.69) is 10.6 Å². The number of methoxy groups -OCH3 is 1. The average molecular weight is 391 g/mol. The van der Waals surface area contributed by atoms with E-state index in [1.807, 2.05) is 0 Å². The highest BCUT2D eigenvalue weighted by atomic mass is 16.5. The predicted octanol–water partition coefficient (Wildman–Crippen LogP) is 3.74. The molecule has 0 bridgehead atoms. The SMILES string of the molecule is COc1cccc(NC(=O)c2ccccc2NC(=O)c2cc(C(C)=O)cn2C)c1. The normalized spacial score (nSPS) is 10.3. The Bertz CT molecular complexity index is 1090. The van der Waals surface area contributed by atoms with Crippen LogP contribution >= 0.6 is 0 Å². The summed E-state index contributed by atoms with van der Waals surface area (Å²) in [7, 11) is 3.23. The molecule has 2 amide bonds. The van der Waals surface area contributed by atoms with E-state index in [0.717, 1.165) is 0 Å². The summed E-state index contributed by atoms with van der Waals surface area (Å²) in [4.78, 5) is 37.0. The van der Waals surface area contributed by atoms with Crippen molar-refractivity contribution in [3.05, 3.63) is 77.6 Å². The average Bonchev–Trinajstić information content (AvgIpc) is 3.10. The molecule has 0 aliphatic carbocycles. The maximum atomic E-state index is 12.8. The molecule has 0 unspecified atom stereocenters. The smallest absolute Gasteiger partial charge is 0.272 e. The van der Waals surface area contributed by atoms with Gasteiger partial charge in [-0.25, -0.2) is 0 Å². The van der Waals surface area contributed by atoms with Crippen LogP contribution in [0.25, 0.3) is 0 Å². The third-order valence-corrected chi connectivity index (χ3v) is 4.39. The lowest BCUT2D eigenvalue weighted by Gasteiger charge is -2.12. The quantitative estimate of drug-likeness (QED) is 0.627. The van der Waals surface area contributed by atoms with E-state index in [0.29, 0.717) is 33.9 Å². The van der Waals surface area contributed by atoms with Gasteiger partial charge in [-0.05, 0) is 37.3 Å². The molecule has 1 heterocycles. The fourth-order valence-electron chi connectivity index (χ4n) is 2.86. The number of ketones is 1. The molecule has 29 heavy (non-hydrogen) atoms. The first-order chi connectivity index (χ1) is 13.9. The Balaban J connectivity index is 1.82. The van der Waals surface area contributed by atoms with Crippen molar-refractivity contribution < 1.29 is 19.1 Å². The molecule has 0 fully saturated rings. The second-order valence-corrected chi connectivity index (χ2v) is 6.47. The van der Waals surface area contributed by atoms with Gasteiger partial charge >= 0.3 is 0 Å². The van der Waals surface area contributed by atoms with Crippen molar-refractivity contribution in [1.29, 1.82) is 0 Å². The summed E-state index contributed by atoms with van der Waals surface area (Å²) < 4.78 is 6.74. The van der Waals surface area contributed by atoms with Crippen LogP contribution in [0.5, 0.6) is 5.75 Å². The highest BCUT2D eigenvalue weighted by molar-refractivity contribution is 6.12. The Morgan fingerprint density at radius 1 is 0.931 bits per heavy atom. The van der Waals surface area contributed by atoms with E-state index in [4.69, 9.17) is 4.74 Å². The van der Waals surface area contributed by atoms with Crippen LogP contribution in [0.15, 0.2) is 60.8 Å². The first-order valence-corrected chi connectivity index (χ1v) is 8.92. The molecule has 0 saturated heterocycles. The summed E-state index contributed by atoms with van der Waals surface area (Å²) in [6.45, 7) is 1.44. The molecular formula is C22H21N3O4. The topological polar surface area (TPSA) is 89.4 Å². The van der Waals surface area contributed by atoms with Gasteiger partial charge in [-0.1, -0.05) is 18.2 Å². The van der Waals surface area contributed by atoms with Gasteiger partial charge in [0.1, 0.15) is 11.4 Å². The Hall–Kier alpha value is -3.87. The van der Waals surface area contributed by atoms with E-state index in [1.165, 1.54) is 13.0 Å². The van der Waals surface area contributed by atoms with Gasteiger partial charge in [-0.3, -0.25) is 14.4 Å². The molecule has 2 N–H and O–H groups in total. The van der Waals surface area contributed by atoms with Gasteiger partial charge < -0.3 is 19.9 Å². The third-order valence-electron chi connectivity index (χ3n) is 4.39. The lowest BCUT2D eigenvalue weighted by Crippen LogP contribution is -2.19. The van der Waals surface area contributed by atoms with Crippen LogP contribution in [0.2, 0.25) is 0 Å². The summed E-state index contributed by atoms with van der Waals surface area (Å²) in [5.74, 6) is -0.292. The number of hydrogen-bond donors (Lipinski definition) is 2. The van der Waals surface area contributed by atoms with Crippen LogP contribution < -0.4 is 15.4 Å². The third kappa shape index (κ3) is 4.52. The van der Waals surface area contributed by atoms with Crippen molar-refractivity contribution in [2.75, 3.05) is 17.7 Å². The Morgan fingerprint density at radius 3 is 2.38 bits per heavy atom. The largest absolute Gasteiger partial charge is 0.497 e. The van der Waals surface area contributed by atoms with E-state index in [9.17, 15) is 14.4 Å². The second-order valence-electron chi connectivity index (χ2n) is 6.47. The van der Waals surface area contributed by atoms with Gasteiger partial charge in [-0.15, -0.1) is 0 Å². The van der Waals surface area contributed by atoms with Crippen molar-refractivity contribution >= 4 is 29.0 Å². The summed E-state index contributed by atoms with van der Waals surface area (Å²) in [6.07, 6.45) is 1.60. The van der Waals surface area contributed by atoms with Crippen molar-refractivity contribution in [3.63, 3.8) is 0 Å². The van der Waals surface area contributed by atoms with Gasteiger partial charge in [-0.2, -0.15) is 0 Å². The zero-order chi connectivity index (χ0) is 21.0. The second kappa shape index (κ2) is 8.43. The van der Waals surface area contributed by atoms with Gasteiger partial charge in [0.2, 0.25) is 0 Å². The Morgan fingerprint density at radius 2 is 1.69 bits per heavy atom. The predicted molar refractivity (Wildman–Crippen MR) is 111 cm³/mol. The fraction of sp³-hybridized carbons (Fsp3) is 0.136. The maximum absolute atomic E-state index is 12.8. The highest BCUT2D eigenvalue weighted by Gasteiger charge is 2.17. The molecule has 3 aromatic rings. The first-order valence-electron chi connectivity index (χ1n) is 8.92. The van der Waals surface area contributed by atoms with Crippen LogP contribution in [0.1, 0.15) is 38.1 Å². The molecule has 7 nitrogen and oxygen atoms in total. The standard InChI is InChI=1S/C22H21N3O4/c1-14(26)15-11-20(25(2)13-15)22(28)24-19-10-5-4-9-18(19)21(27)23-16-7-6-8-17(12-16)29-3/h4-13H,1-3H3,(H,23,27)(H,24,28). The minimum absolute atomic E-state index is 0.127. The highest BCUT2D eigenvalue weighted by Crippen LogP contribution is 2.21. The molecule has 7 heteroatoms. The Kier molecular flexibility index (Phi) is 5.78. The monoisotopic (exact) mass is 391 g/mol. The van der Waals surface area contributed by atoms with Crippen LogP contribution in [-0.4, -0.2) is 29.3 Å². The molecule has 0 aliphatic rings. The van der Waals surface area contributed by atoms with E-state index >= 15 is 0 Å². The van der Waals surface area contributed by atoms with Gasteiger partial charge in [0, 0.05) is 30.6 Å². The number of rotatable bonds is 6. The molecule has 1 aromatic heterocycles. The zero-order valence-electron chi connectivity index (χ0n) is 16.4. The number of carbonyl (C=O) groups excluding carboxylic acids is 3. The summed E-state index contributed by atoms with van der Waals surface area (Å²) >= 11 is 0. The van der Waals surface area contributed by atoms with Crippen molar-refractivity contribution in [2.24, 2.45) is 7.05 Å². The summed E-state index contributed by atoms with van der Waals surface area (Å²) in [6, 6.07) is 15.2. The van der Waals surface area contributed by atoms with Crippen LogP contribution in [0, 0.1) is 0 Å². The molecule has 0 spiro atoms. The number of benzene rings is 2. The number of hydrogen-bond acceptors (Lipinski definition) is 4. The number of nitrogens with zero attached hydrogens (tertiary/aromatic N) is 1. The number of aromatic nitrogens is 1. The van der Waals surface area contributed by atoms with Crippen molar-refractivity contribution in [3.8, 4) is 5.75 Å². The molecule has 148 valence electrons. The lowest BCUT2D eigenvalue weighted by molar-refractivity contribution is 0.101. The number of Topliss-reactive ketones (excluding diaryl/α,β-unsaturated/α-hetero) is 1. The lowest BCUT2D eigenvalue weighted by atomic mass is 10.1. The molecule has 2 aromatic carbocycles. The number of para-hydroxylation sites is 1. The number of anilines is 2. The van der Waals surface area contributed by atoms with Crippen molar-refractivity contribution in [2.45, 2.75) is 6.92 Å². The molecule has 0 atom stereocenters. The van der Waals surface area contributed by atoms with E-state index in [-0.39, 0.29) is 11.7 Å². The minimum Gasteiger partial charge on any atom is -0.497 e. The molecule has 0 radical (unpaired) electrons. The number of amides is 2. The maximum Gasteiger partial charge on any atom is 0.272 e. The number of nitrogens with one attached hydrogen (secondary N) is 2. The zero-order valence-corrected chi connectivity index (χ0v) is 16.4. The van der Waals surface area contributed by atoms with Crippen molar-refractivity contribution in [1.82, 2.24) is 4.57 Å². The Labute approximate surface area is 168 Å². The summed E-state index contributed by atoms with van der Waals surface area (Å²) in [5, 5.41) is 5.55. The fourth-order valence-corrected chi connectivity index (χ4v) is 2.86. The first kappa shape index (κ1) is 19.9.